The van der Waals surface area contributed by atoms with E-state index in [9.17, 15) is 0 Å². The third kappa shape index (κ3) is 2.40. The maximum absolute atomic E-state index is 9.15. The highest BCUT2D eigenvalue weighted by Gasteiger charge is 2.18. The third-order valence-corrected chi connectivity index (χ3v) is 4.35. The van der Waals surface area contributed by atoms with Crippen LogP contribution in [-0.4, -0.2) is 27.3 Å². The Morgan fingerprint density at radius 1 is 1.56 bits per heavy atom. The van der Waals surface area contributed by atoms with Crippen molar-refractivity contribution in [1.29, 1.82) is 0 Å². The Kier molecular flexibility index (Phi) is 3.22. The molecule has 54 valence electrons. The zero-order valence-corrected chi connectivity index (χ0v) is 7.17. The highest BCUT2D eigenvalue weighted by molar-refractivity contribution is 8.07. The summed E-state index contributed by atoms with van der Waals surface area (Å²) >= 11 is 3.59. The number of hydrogen-bond donors (Lipinski definition) is 1. The predicted molar refractivity (Wildman–Crippen MR) is 45.0 cm³/mol. The third-order valence-electron chi connectivity index (χ3n) is 1.37. The second-order valence-corrected chi connectivity index (χ2v) is 4.72. The van der Waals surface area contributed by atoms with Crippen LogP contribution in [-0.2, 0) is 0 Å². The largest absolute Gasteiger partial charge is 0.382 e. The molecule has 2 unspecified atom stereocenters. The molecule has 1 aliphatic heterocycles. The number of aliphatic hydroxyl groups excluding tert-OH is 1. The van der Waals surface area contributed by atoms with Crippen LogP contribution in [0.5, 0.6) is 0 Å². The van der Waals surface area contributed by atoms with Crippen molar-refractivity contribution in [1.82, 2.24) is 0 Å². The molecule has 9 heavy (non-hydrogen) atoms. The lowest BCUT2D eigenvalue weighted by atomic mass is 10.4. The lowest BCUT2D eigenvalue weighted by Crippen LogP contribution is -2.20. The fraction of sp³-hybridized carbons (Fsp3) is 1.00. The van der Waals surface area contributed by atoms with E-state index in [1.807, 2.05) is 11.8 Å². The second-order valence-electron chi connectivity index (χ2n) is 2.16. The first kappa shape index (κ1) is 7.76. The zero-order valence-electron chi connectivity index (χ0n) is 5.54. The minimum atomic E-state index is -0.103. The summed E-state index contributed by atoms with van der Waals surface area (Å²) in [5.74, 6) is 2.14. The topological polar surface area (TPSA) is 20.2 Å². The van der Waals surface area contributed by atoms with Crippen molar-refractivity contribution in [3.63, 3.8) is 0 Å². The molecule has 0 amide bonds. The van der Waals surface area contributed by atoms with Crippen LogP contribution in [0.15, 0.2) is 0 Å². The maximum atomic E-state index is 9.15. The van der Waals surface area contributed by atoms with Crippen LogP contribution in [0, 0.1) is 0 Å². The highest BCUT2D eigenvalue weighted by atomic mass is 32.2. The van der Waals surface area contributed by atoms with Gasteiger partial charge < -0.3 is 5.11 Å². The molecule has 0 aromatic carbocycles. The van der Waals surface area contributed by atoms with Gasteiger partial charge >= 0.3 is 0 Å². The van der Waals surface area contributed by atoms with Gasteiger partial charge in [0.2, 0.25) is 0 Å². The summed E-state index contributed by atoms with van der Waals surface area (Å²) in [6.45, 7) is 2.18. The Balaban J connectivity index is 2.23. The van der Waals surface area contributed by atoms with Gasteiger partial charge in [-0.15, -0.1) is 11.8 Å². The van der Waals surface area contributed by atoms with E-state index in [1.54, 1.807) is 11.8 Å². The summed E-state index contributed by atoms with van der Waals surface area (Å²) < 4.78 is 0. The molecule has 0 aliphatic carbocycles. The summed E-state index contributed by atoms with van der Waals surface area (Å²) in [5, 5.41) is 9.85. The number of aliphatic hydroxyl groups is 1. The molecule has 0 spiro atoms. The monoisotopic (exact) mass is 164 g/mol. The molecule has 1 heterocycles. The van der Waals surface area contributed by atoms with E-state index in [4.69, 9.17) is 5.11 Å². The zero-order chi connectivity index (χ0) is 6.69. The van der Waals surface area contributed by atoms with E-state index in [0.717, 1.165) is 5.75 Å². The molecule has 0 saturated carbocycles. The van der Waals surface area contributed by atoms with Gasteiger partial charge in [0.05, 0.1) is 0 Å². The van der Waals surface area contributed by atoms with E-state index in [1.165, 1.54) is 12.2 Å². The van der Waals surface area contributed by atoms with Gasteiger partial charge in [-0.1, -0.05) is 6.92 Å². The van der Waals surface area contributed by atoms with Crippen molar-refractivity contribution in [3.05, 3.63) is 0 Å². The van der Waals surface area contributed by atoms with E-state index >= 15 is 0 Å². The molecule has 1 aliphatic rings. The Labute approximate surface area is 64.6 Å². The van der Waals surface area contributed by atoms with Crippen LogP contribution in [0.2, 0.25) is 0 Å². The Morgan fingerprint density at radius 2 is 2.33 bits per heavy atom. The molecule has 3 heteroatoms. The van der Waals surface area contributed by atoms with Gasteiger partial charge in [0.15, 0.2) is 0 Å². The van der Waals surface area contributed by atoms with Gasteiger partial charge in [-0.2, -0.15) is 11.8 Å². The average molecular weight is 164 g/mol. The fourth-order valence-electron chi connectivity index (χ4n) is 0.815. The van der Waals surface area contributed by atoms with E-state index in [0.29, 0.717) is 5.25 Å². The van der Waals surface area contributed by atoms with Gasteiger partial charge in [-0.3, -0.25) is 0 Å². The van der Waals surface area contributed by atoms with Gasteiger partial charge in [-0.05, 0) is 6.42 Å². The maximum Gasteiger partial charge on any atom is 0.109 e. The highest BCUT2D eigenvalue weighted by Crippen LogP contribution is 2.30. The molecule has 1 fully saturated rings. The molecule has 2 atom stereocenters. The number of thioether (sulfide) groups is 2. The lowest BCUT2D eigenvalue weighted by molar-refractivity contribution is 0.286. The fourth-order valence-corrected chi connectivity index (χ4v) is 3.49. The average Bonchev–Trinajstić information content (AvgIpc) is 1.88. The first-order valence-electron chi connectivity index (χ1n) is 3.24. The lowest BCUT2D eigenvalue weighted by Gasteiger charge is -2.23. The second kappa shape index (κ2) is 3.74. The van der Waals surface area contributed by atoms with Crippen LogP contribution in [0.3, 0.4) is 0 Å². The van der Waals surface area contributed by atoms with Crippen molar-refractivity contribution in [3.8, 4) is 0 Å². The standard InChI is InChI=1S/C6H12OS2/c1-2-5-3-8-4-6(7)9-5/h5-7H,2-4H2,1H3. The molecule has 0 radical (unpaired) electrons. The minimum absolute atomic E-state index is 0.103. The normalized spacial score (nSPS) is 36.7. The SMILES string of the molecule is CCC1CSCC(O)S1. The van der Waals surface area contributed by atoms with Crippen LogP contribution < -0.4 is 0 Å². The molecule has 1 N–H and O–H groups in total. The van der Waals surface area contributed by atoms with Gasteiger partial charge in [-0.25, -0.2) is 0 Å². The molecule has 0 bridgehead atoms. The number of hydrogen-bond acceptors (Lipinski definition) is 3. The first-order chi connectivity index (χ1) is 4.33. The Bertz CT molecular complexity index is 87.1. The van der Waals surface area contributed by atoms with Crippen LogP contribution in [0.1, 0.15) is 13.3 Å². The van der Waals surface area contributed by atoms with E-state index < -0.39 is 0 Å². The summed E-state index contributed by atoms with van der Waals surface area (Å²) in [7, 11) is 0. The molecule has 0 aromatic rings. The van der Waals surface area contributed by atoms with E-state index in [2.05, 4.69) is 6.92 Å². The molecular formula is C6H12OS2. The Hall–Kier alpha value is 0.660. The Morgan fingerprint density at radius 3 is 2.78 bits per heavy atom. The molecule has 1 rings (SSSR count). The molecular weight excluding hydrogens is 152 g/mol. The van der Waals surface area contributed by atoms with E-state index in [-0.39, 0.29) is 5.44 Å². The quantitative estimate of drug-likeness (QED) is 0.635. The van der Waals surface area contributed by atoms with Crippen molar-refractivity contribution in [2.24, 2.45) is 0 Å². The summed E-state index contributed by atoms with van der Waals surface area (Å²) in [4.78, 5) is 0. The predicted octanol–water partition coefficient (Wildman–Crippen LogP) is 1.56. The minimum Gasteiger partial charge on any atom is -0.382 e. The van der Waals surface area contributed by atoms with Gasteiger partial charge in [0.25, 0.3) is 0 Å². The van der Waals surface area contributed by atoms with Crippen molar-refractivity contribution >= 4 is 23.5 Å². The summed E-state index contributed by atoms with van der Waals surface area (Å²) in [6, 6.07) is 0. The van der Waals surface area contributed by atoms with Gasteiger partial charge in [0, 0.05) is 16.8 Å². The molecule has 1 nitrogen and oxygen atoms in total. The smallest absolute Gasteiger partial charge is 0.109 e. The number of rotatable bonds is 1. The van der Waals surface area contributed by atoms with Crippen LogP contribution >= 0.6 is 23.5 Å². The summed E-state index contributed by atoms with van der Waals surface area (Å²) in [5.41, 5.74) is -0.103. The van der Waals surface area contributed by atoms with Crippen molar-refractivity contribution in [2.75, 3.05) is 11.5 Å². The van der Waals surface area contributed by atoms with Crippen molar-refractivity contribution in [2.45, 2.75) is 24.0 Å². The van der Waals surface area contributed by atoms with Crippen molar-refractivity contribution < 1.29 is 5.11 Å². The van der Waals surface area contributed by atoms with Crippen LogP contribution in [0.25, 0.3) is 0 Å². The van der Waals surface area contributed by atoms with Gasteiger partial charge in [0.1, 0.15) is 5.44 Å². The molecule has 0 aromatic heterocycles. The first-order valence-corrected chi connectivity index (χ1v) is 5.34. The molecule has 1 saturated heterocycles. The van der Waals surface area contributed by atoms with Crippen LogP contribution in [0.4, 0.5) is 0 Å². The summed E-state index contributed by atoms with van der Waals surface area (Å²) in [6.07, 6.45) is 1.19.